The summed E-state index contributed by atoms with van der Waals surface area (Å²) < 4.78 is 6.98. The van der Waals surface area contributed by atoms with Gasteiger partial charge in [-0.05, 0) is 39.3 Å². The van der Waals surface area contributed by atoms with Gasteiger partial charge in [0.1, 0.15) is 5.49 Å². The van der Waals surface area contributed by atoms with Crippen LogP contribution in [-0.4, -0.2) is 23.7 Å². The van der Waals surface area contributed by atoms with Crippen molar-refractivity contribution in [1.82, 2.24) is 4.57 Å². The molecular formula is C19H24N2O2. The van der Waals surface area contributed by atoms with Crippen LogP contribution in [0.15, 0.2) is 47.6 Å². The highest BCUT2D eigenvalue weighted by atomic mass is 16.5. The Morgan fingerprint density at radius 2 is 1.78 bits per heavy atom. The first-order valence-corrected chi connectivity index (χ1v) is 7.87. The minimum absolute atomic E-state index is 0.174. The summed E-state index contributed by atoms with van der Waals surface area (Å²) in [6, 6.07) is 12.2. The predicted molar refractivity (Wildman–Crippen MR) is 92.3 cm³/mol. The molecule has 0 aliphatic heterocycles. The number of carbonyl (C=O) groups excluding carboxylic acids is 1. The summed E-state index contributed by atoms with van der Waals surface area (Å²) in [6.45, 7) is 8.23. The minimum atomic E-state index is -0.339. The van der Waals surface area contributed by atoms with Gasteiger partial charge < -0.3 is 9.30 Å². The van der Waals surface area contributed by atoms with Gasteiger partial charge in [-0.25, -0.2) is 4.79 Å². The van der Waals surface area contributed by atoms with Crippen molar-refractivity contribution in [3.05, 3.63) is 53.6 Å². The van der Waals surface area contributed by atoms with Gasteiger partial charge >= 0.3 is 5.97 Å². The van der Waals surface area contributed by atoms with Crippen LogP contribution >= 0.6 is 0 Å². The zero-order chi connectivity index (χ0) is 17.0. The molecule has 1 aromatic heterocycles. The van der Waals surface area contributed by atoms with Crippen molar-refractivity contribution >= 4 is 5.97 Å². The van der Waals surface area contributed by atoms with Crippen molar-refractivity contribution in [2.75, 3.05) is 7.11 Å². The first-order chi connectivity index (χ1) is 10.9. The van der Waals surface area contributed by atoms with Crippen LogP contribution in [0.25, 0.3) is 11.1 Å². The van der Waals surface area contributed by atoms with Crippen molar-refractivity contribution in [3.8, 4) is 11.1 Å². The molecular weight excluding hydrogens is 288 g/mol. The lowest BCUT2D eigenvalue weighted by molar-refractivity contribution is 0.0600. The summed E-state index contributed by atoms with van der Waals surface area (Å²) in [5, 5.41) is 0. The van der Waals surface area contributed by atoms with Gasteiger partial charge in [-0.3, -0.25) is 4.99 Å². The normalized spacial score (nSPS) is 12.0. The third kappa shape index (κ3) is 3.89. The maximum atomic E-state index is 12.2. The zero-order valence-electron chi connectivity index (χ0n) is 14.4. The van der Waals surface area contributed by atoms with Crippen molar-refractivity contribution < 1.29 is 9.53 Å². The number of ether oxygens (including phenoxy) is 1. The van der Waals surface area contributed by atoms with Crippen LogP contribution in [0.2, 0.25) is 0 Å². The molecule has 0 radical (unpaired) electrons. The maximum absolute atomic E-state index is 12.2. The molecule has 0 saturated heterocycles. The Kier molecular flexibility index (Phi) is 5.37. The first kappa shape index (κ1) is 17.0. The Labute approximate surface area is 137 Å². The van der Waals surface area contributed by atoms with Gasteiger partial charge in [0.05, 0.1) is 12.7 Å². The molecule has 0 fully saturated rings. The lowest BCUT2D eigenvalue weighted by atomic mass is 10.0. The number of esters is 1. The fourth-order valence-corrected chi connectivity index (χ4v) is 2.47. The number of rotatable bonds is 4. The number of aromatic nitrogens is 1. The Balaban J connectivity index is 2.80. The molecule has 0 bridgehead atoms. The second-order valence-electron chi connectivity index (χ2n) is 6.04. The average molecular weight is 312 g/mol. The third-order valence-electron chi connectivity index (χ3n) is 3.53. The summed E-state index contributed by atoms with van der Waals surface area (Å²) in [4.78, 5) is 17.0. The highest BCUT2D eigenvalue weighted by Gasteiger charge is 2.16. The van der Waals surface area contributed by atoms with Crippen LogP contribution in [0, 0.1) is 0 Å². The van der Waals surface area contributed by atoms with Crippen molar-refractivity contribution in [3.63, 3.8) is 0 Å². The van der Waals surface area contributed by atoms with E-state index in [9.17, 15) is 4.79 Å². The molecule has 23 heavy (non-hydrogen) atoms. The fraction of sp³-hybridized carbons (Fsp3) is 0.368. The summed E-state index contributed by atoms with van der Waals surface area (Å²) in [5.74, 6) is -0.339. The van der Waals surface area contributed by atoms with Gasteiger partial charge in [0.15, 0.2) is 0 Å². The molecule has 0 spiro atoms. The molecule has 0 N–H and O–H groups in total. The highest BCUT2D eigenvalue weighted by Crippen LogP contribution is 2.23. The van der Waals surface area contributed by atoms with Crippen molar-refractivity contribution in [2.24, 2.45) is 4.99 Å². The van der Waals surface area contributed by atoms with Crippen LogP contribution in [0.3, 0.4) is 0 Å². The van der Waals surface area contributed by atoms with E-state index in [0.29, 0.717) is 5.56 Å². The number of hydrogen-bond acceptors (Lipinski definition) is 3. The predicted octanol–water partition coefficient (Wildman–Crippen LogP) is 3.83. The molecule has 122 valence electrons. The average Bonchev–Trinajstić information content (AvgIpc) is 2.53. The van der Waals surface area contributed by atoms with E-state index in [-0.39, 0.29) is 18.1 Å². The topological polar surface area (TPSA) is 43.6 Å². The number of pyridine rings is 1. The van der Waals surface area contributed by atoms with Crippen LogP contribution in [0.5, 0.6) is 0 Å². The number of carbonyl (C=O) groups is 1. The highest BCUT2D eigenvalue weighted by molar-refractivity contribution is 5.96. The minimum Gasteiger partial charge on any atom is -0.465 e. The summed E-state index contributed by atoms with van der Waals surface area (Å²) in [5.41, 5.74) is 3.23. The Morgan fingerprint density at radius 3 is 2.30 bits per heavy atom. The molecule has 0 saturated carbocycles. The lowest BCUT2D eigenvalue weighted by Crippen LogP contribution is -2.26. The lowest BCUT2D eigenvalue weighted by Gasteiger charge is -2.17. The SMILES string of the molecule is COC(=O)c1cn(C(C)C)c(=NC(C)C)cc1-c1ccccc1. The van der Waals surface area contributed by atoms with E-state index < -0.39 is 0 Å². The number of benzene rings is 1. The summed E-state index contributed by atoms with van der Waals surface area (Å²) >= 11 is 0. The maximum Gasteiger partial charge on any atom is 0.339 e. The van der Waals surface area contributed by atoms with E-state index in [0.717, 1.165) is 16.6 Å². The number of nitrogens with zero attached hydrogens (tertiary/aromatic N) is 2. The van der Waals surface area contributed by atoms with Gasteiger partial charge in [-0.1, -0.05) is 30.3 Å². The van der Waals surface area contributed by atoms with Gasteiger partial charge in [-0.15, -0.1) is 0 Å². The van der Waals surface area contributed by atoms with Gasteiger partial charge in [0, 0.05) is 23.8 Å². The molecule has 1 aromatic carbocycles. The standard InChI is InChI=1S/C19H24N2O2/c1-13(2)20-18-11-16(15-9-7-6-8-10-15)17(19(22)23-5)12-21(18)14(3)4/h6-14H,1-5H3. The van der Waals surface area contributed by atoms with Crippen LogP contribution in [0.4, 0.5) is 0 Å². The Morgan fingerprint density at radius 1 is 1.13 bits per heavy atom. The smallest absolute Gasteiger partial charge is 0.339 e. The van der Waals surface area contributed by atoms with Crippen LogP contribution < -0.4 is 5.49 Å². The molecule has 0 amide bonds. The molecule has 4 nitrogen and oxygen atoms in total. The van der Waals surface area contributed by atoms with Crippen LogP contribution in [0.1, 0.15) is 44.1 Å². The molecule has 2 aromatic rings. The number of hydrogen-bond donors (Lipinski definition) is 0. The largest absolute Gasteiger partial charge is 0.465 e. The molecule has 0 aliphatic rings. The molecule has 4 heteroatoms. The second-order valence-corrected chi connectivity index (χ2v) is 6.04. The monoisotopic (exact) mass is 312 g/mol. The molecule has 2 rings (SSSR count). The van der Waals surface area contributed by atoms with Gasteiger partial charge in [0.25, 0.3) is 0 Å². The summed E-state index contributed by atoms with van der Waals surface area (Å²) in [7, 11) is 1.41. The van der Waals surface area contributed by atoms with Gasteiger partial charge in [-0.2, -0.15) is 0 Å². The zero-order valence-corrected chi connectivity index (χ0v) is 14.4. The van der Waals surface area contributed by atoms with E-state index in [1.54, 1.807) is 0 Å². The third-order valence-corrected chi connectivity index (χ3v) is 3.53. The van der Waals surface area contributed by atoms with E-state index in [2.05, 4.69) is 13.8 Å². The van der Waals surface area contributed by atoms with Crippen molar-refractivity contribution in [2.45, 2.75) is 39.8 Å². The number of methoxy groups -OCH3 is 1. The first-order valence-electron chi connectivity index (χ1n) is 7.87. The second kappa shape index (κ2) is 7.27. The Hall–Kier alpha value is -2.36. The van der Waals surface area contributed by atoms with E-state index in [4.69, 9.17) is 9.73 Å². The molecule has 0 atom stereocenters. The quantitative estimate of drug-likeness (QED) is 0.805. The van der Waals surface area contributed by atoms with Crippen molar-refractivity contribution in [1.29, 1.82) is 0 Å². The molecule has 0 unspecified atom stereocenters. The molecule has 1 heterocycles. The fourth-order valence-electron chi connectivity index (χ4n) is 2.47. The summed E-state index contributed by atoms with van der Waals surface area (Å²) in [6.07, 6.45) is 1.85. The van der Waals surface area contributed by atoms with E-state index >= 15 is 0 Å². The molecule has 0 aliphatic carbocycles. The van der Waals surface area contributed by atoms with E-state index in [1.807, 2.05) is 61.0 Å². The van der Waals surface area contributed by atoms with E-state index in [1.165, 1.54) is 7.11 Å². The van der Waals surface area contributed by atoms with Gasteiger partial charge in [0.2, 0.25) is 0 Å². The van der Waals surface area contributed by atoms with Crippen LogP contribution in [-0.2, 0) is 4.74 Å². The Bertz CT molecular complexity index is 744.